The Morgan fingerprint density at radius 2 is 1.73 bits per heavy atom. The van der Waals surface area contributed by atoms with E-state index in [2.05, 4.69) is 24.8 Å². The average molecular weight is 327 g/mol. The number of halogens is 1. The van der Waals surface area contributed by atoms with Crippen molar-refractivity contribution in [3.63, 3.8) is 0 Å². The fourth-order valence-corrected chi connectivity index (χ4v) is 2.95. The van der Waals surface area contributed by atoms with Gasteiger partial charge in [-0.25, -0.2) is 0 Å². The van der Waals surface area contributed by atoms with Gasteiger partial charge in [0, 0.05) is 32.1 Å². The van der Waals surface area contributed by atoms with E-state index in [1.807, 2.05) is 23.1 Å². The minimum absolute atomic E-state index is 0. The molecule has 1 saturated heterocycles. The van der Waals surface area contributed by atoms with Crippen molar-refractivity contribution in [2.75, 3.05) is 38.2 Å². The summed E-state index contributed by atoms with van der Waals surface area (Å²) >= 11 is 0. The molecule has 0 N–H and O–H groups in total. The van der Waals surface area contributed by atoms with Gasteiger partial charge in [0.2, 0.25) is 5.91 Å². The lowest BCUT2D eigenvalue weighted by atomic mass is 10.0. The van der Waals surface area contributed by atoms with Crippen LogP contribution in [0.2, 0.25) is 0 Å². The molecule has 1 amide bonds. The van der Waals surface area contributed by atoms with Crippen LogP contribution in [0.25, 0.3) is 0 Å². The second-order valence-electron chi connectivity index (χ2n) is 5.50. The van der Waals surface area contributed by atoms with Crippen molar-refractivity contribution < 1.29 is 9.53 Å². The highest BCUT2D eigenvalue weighted by atomic mass is 35.5. The molecule has 1 aliphatic heterocycles. The fraction of sp³-hybridized carbons (Fsp3) is 0.588. The molecule has 0 atom stereocenters. The zero-order valence-electron chi connectivity index (χ0n) is 13.7. The molecular formula is C17H27ClN2O2. The first kappa shape index (κ1) is 18.6. The van der Waals surface area contributed by atoms with E-state index >= 15 is 0 Å². The normalized spacial score (nSPS) is 14.7. The average Bonchev–Trinajstić information content (AvgIpc) is 2.56. The van der Waals surface area contributed by atoms with Crippen LogP contribution in [0.4, 0.5) is 5.69 Å². The van der Waals surface area contributed by atoms with Crippen molar-refractivity contribution in [1.82, 2.24) is 4.90 Å². The van der Waals surface area contributed by atoms with E-state index in [0.29, 0.717) is 5.91 Å². The number of amides is 1. The Morgan fingerprint density at radius 3 is 2.27 bits per heavy atom. The molecule has 4 nitrogen and oxygen atoms in total. The SMILES string of the molecule is CCC(CC)C(=O)N1CCN(c2ccccc2OC)CC1.Cl. The largest absolute Gasteiger partial charge is 0.495 e. The van der Waals surface area contributed by atoms with Crippen molar-refractivity contribution >= 4 is 24.0 Å². The maximum Gasteiger partial charge on any atom is 0.225 e. The summed E-state index contributed by atoms with van der Waals surface area (Å²) in [6.45, 7) is 7.52. The van der Waals surface area contributed by atoms with Gasteiger partial charge in [-0.15, -0.1) is 12.4 Å². The predicted molar refractivity (Wildman–Crippen MR) is 93.1 cm³/mol. The van der Waals surface area contributed by atoms with Crippen LogP contribution in [0.1, 0.15) is 26.7 Å². The van der Waals surface area contributed by atoms with E-state index in [4.69, 9.17) is 4.74 Å². The minimum atomic E-state index is 0. The summed E-state index contributed by atoms with van der Waals surface area (Å²) in [7, 11) is 1.70. The number of benzene rings is 1. The number of nitrogens with zero attached hydrogens (tertiary/aromatic N) is 2. The Hall–Kier alpha value is -1.42. The van der Waals surface area contributed by atoms with Crippen LogP contribution >= 0.6 is 12.4 Å². The van der Waals surface area contributed by atoms with Gasteiger partial charge in [-0.2, -0.15) is 0 Å². The number of anilines is 1. The second kappa shape index (κ2) is 8.89. The molecule has 5 heteroatoms. The van der Waals surface area contributed by atoms with Crippen LogP contribution in [0.5, 0.6) is 5.75 Å². The number of ether oxygens (including phenoxy) is 1. The van der Waals surface area contributed by atoms with E-state index < -0.39 is 0 Å². The minimum Gasteiger partial charge on any atom is -0.495 e. The molecule has 0 bridgehead atoms. The van der Waals surface area contributed by atoms with Crippen molar-refractivity contribution in [1.29, 1.82) is 0 Å². The van der Waals surface area contributed by atoms with E-state index in [1.165, 1.54) is 0 Å². The molecule has 1 aromatic rings. The highest BCUT2D eigenvalue weighted by molar-refractivity contribution is 5.85. The van der Waals surface area contributed by atoms with Gasteiger partial charge in [0.05, 0.1) is 12.8 Å². The second-order valence-corrected chi connectivity index (χ2v) is 5.50. The molecule has 22 heavy (non-hydrogen) atoms. The maximum atomic E-state index is 12.4. The standard InChI is InChI=1S/C17H26N2O2.ClH/c1-4-14(5-2)17(20)19-12-10-18(11-13-19)15-8-6-7-9-16(15)21-3;/h6-9,14H,4-5,10-13H2,1-3H3;1H. The zero-order chi connectivity index (χ0) is 15.2. The number of rotatable bonds is 5. The molecule has 1 fully saturated rings. The van der Waals surface area contributed by atoms with Crippen LogP contribution in [0, 0.1) is 5.92 Å². The van der Waals surface area contributed by atoms with Crippen LogP contribution < -0.4 is 9.64 Å². The highest BCUT2D eigenvalue weighted by Gasteiger charge is 2.26. The first-order valence-electron chi connectivity index (χ1n) is 7.88. The molecule has 1 heterocycles. The quantitative estimate of drug-likeness (QED) is 0.833. The Bertz CT molecular complexity index is 469. The molecule has 1 aromatic carbocycles. The number of piperazine rings is 1. The summed E-state index contributed by atoms with van der Waals surface area (Å²) in [4.78, 5) is 16.7. The van der Waals surface area contributed by atoms with Gasteiger partial charge in [0.25, 0.3) is 0 Å². The lowest BCUT2D eigenvalue weighted by molar-refractivity contribution is -0.136. The maximum absolute atomic E-state index is 12.4. The number of hydrogen-bond donors (Lipinski definition) is 0. The molecule has 0 radical (unpaired) electrons. The van der Waals surface area contributed by atoms with Crippen LogP contribution in [-0.4, -0.2) is 44.1 Å². The lowest BCUT2D eigenvalue weighted by Crippen LogP contribution is -2.50. The Labute approximate surface area is 139 Å². The van der Waals surface area contributed by atoms with Gasteiger partial charge in [-0.05, 0) is 25.0 Å². The van der Waals surface area contributed by atoms with E-state index in [0.717, 1.165) is 50.5 Å². The fourth-order valence-electron chi connectivity index (χ4n) is 2.95. The summed E-state index contributed by atoms with van der Waals surface area (Å²) in [6.07, 6.45) is 1.87. The Morgan fingerprint density at radius 1 is 1.14 bits per heavy atom. The van der Waals surface area contributed by atoms with E-state index in [9.17, 15) is 4.79 Å². The Kier molecular flexibility index (Phi) is 7.52. The first-order chi connectivity index (χ1) is 10.2. The molecule has 0 aromatic heterocycles. The molecule has 124 valence electrons. The van der Waals surface area contributed by atoms with Crippen LogP contribution in [-0.2, 0) is 4.79 Å². The predicted octanol–water partition coefficient (Wildman–Crippen LogP) is 3.20. The summed E-state index contributed by atoms with van der Waals surface area (Å²) < 4.78 is 5.42. The molecule has 0 saturated carbocycles. The highest BCUT2D eigenvalue weighted by Crippen LogP contribution is 2.28. The summed E-state index contributed by atoms with van der Waals surface area (Å²) in [6, 6.07) is 8.07. The van der Waals surface area contributed by atoms with Crippen LogP contribution in [0.3, 0.4) is 0 Å². The third-order valence-corrected chi connectivity index (χ3v) is 4.35. The molecule has 0 aliphatic carbocycles. The van der Waals surface area contributed by atoms with Gasteiger partial charge in [0.15, 0.2) is 0 Å². The number of carbonyl (C=O) groups is 1. The zero-order valence-corrected chi connectivity index (χ0v) is 14.6. The van der Waals surface area contributed by atoms with Crippen molar-refractivity contribution in [2.45, 2.75) is 26.7 Å². The molecule has 0 spiro atoms. The van der Waals surface area contributed by atoms with E-state index in [-0.39, 0.29) is 18.3 Å². The third kappa shape index (κ3) is 4.07. The summed E-state index contributed by atoms with van der Waals surface area (Å²) in [5.74, 6) is 1.40. The topological polar surface area (TPSA) is 32.8 Å². The van der Waals surface area contributed by atoms with Crippen LogP contribution in [0.15, 0.2) is 24.3 Å². The van der Waals surface area contributed by atoms with Gasteiger partial charge >= 0.3 is 0 Å². The molecule has 2 rings (SSSR count). The van der Waals surface area contributed by atoms with Gasteiger partial charge < -0.3 is 14.5 Å². The smallest absolute Gasteiger partial charge is 0.225 e. The third-order valence-electron chi connectivity index (χ3n) is 4.35. The number of carbonyl (C=O) groups excluding carboxylic acids is 1. The molecular weight excluding hydrogens is 300 g/mol. The number of para-hydroxylation sites is 2. The monoisotopic (exact) mass is 326 g/mol. The van der Waals surface area contributed by atoms with Gasteiger partial charge in [0.1, 0.15) is 5.75 Å². The summed E-state index contributed by atoms with van der Waals surface area (Å²) in [5.41, 5.74) is 1.12. The van der Waals surface area contributed by atoms with Crippen molar-refractivity contribution in [3.05, 3.63) is 24.3 Å². The molecule has 0 unspecified atom stereocenters. The number of hydrogen-bond acceptors (Lipinski definition) is 3. The number of methoxy groups -OCH3 is 1. The lowest BCUT2D eigenvalue weighted by Gasteiger charge is -2.37. The van der Waals surface area contributed by atoms with Crippen molar-refractivity contribution in [2.24, 2.45) is 5.92 Å². The Balaban J connectivity index is 0.00000242. The van der Waals surface area contributed by atoms with Gasteiger partial charge in [-0.3, -0.25) is 4.79 Å². The van der Waals surface area contributed by atoms with Gasteiger partial charge in [-0.1, -0.05) is 26.0 Å². The molecule has 1 aliphatic rings. The first-order valence-corrected chi connectivity index (χ1v) is 7.88. The van der Waals surface area contributed by atoms with E-state index in [1.54, 1.807) is 7.11 Å². The van der Waals surface area contributed by atoms with Crippen molar-refractivity contribution in [3.8, 4) is 5.75 Å². The summed E-state index contributed by atoms with van der Waals surface area (Å²) in [5, 5.41) is 0.